The van der Waals surface area contributed by atoms with Gasteiger partial charge in [-0.3, -0.25) is 10.1 Å². The third-order valence-corrected chi connectivity index (χ3v) is 3.65. The Bertz CT molecular complexity index is 488. The van der Waals surface area contributed by atoms with Crippen LogP contribution >= 0.6 is 0 Å². The largest absolute Gasteiger partial charge is 0.373 e. The fraction of sp³-hybridized carbons (Fsp3) is 0.643. The minimum Gasteiger partial charge on any atom is -0.373 e. The zero-order valence-corrected chi connectivity index (χ0v) is 12.6. The van der Waals surface area contributed by atoms with Gasteiger partial charge in [-0.25, -0.2) is 4.98 Å². The molecule has 7 nitrogen and oxygen atoms in total. The molecule has 0 bridgehead atoms. The molecule has 7 heteroatoms. The van der Waals surface area contributed by atoms with Crippen LogP contribution in [0.4, 0.5) is 17.3 Å². The van der Waals surface area contributed by atoms with Crippen LogP contribution < -0.4 is 10.6 Å². The first-order valence-electron chi connectivity index (χ1n) is 7.41. The van der Waals surface area contributed by atoms with Crippen LogP contribution in [0.5, 0.6) is 0 Å². The third-order valence-electron chi connectivity index (χ3n) is 3.65. The maximum atomic E-state index is 10.9. The zero-order valence-electron chi connectivity index (χ0n) is 12.6. The average molecular weight is 293 g/mol. The van der Waals surface area contributed by atoms with Crippen LogP contribution in [0.15, 0.2) is 12.1 Å². The first-order valence-corrected chi connectivity index (χ1v) is 7.41. The van der Waals surface area contributed by atoms with Crippen LogP contribution in [0, 0.1) is 10.1 Å². The Morgan fingerprint density at radius 1 is 1.33 bits per heavy atom. The summed E-state index contributed by atoms with van der Waals surface area (Å²) < 4.78 is 0. The summed E-state index contributed by atoms with van der Waals surface area (Å²) in [6, 6.07) is 3.11. The number of nitrogens with one attached hydrogen (secondary N) is 2. The van der Waals surface area contributed by atoms with Gasteiger partial charge >= 0.3 is 0 Å². The van der Waals surface area contributed by atoms with Crippen molar-refractivity contribution in [2.24, 2.45) is 0 Å². The highest BCUT2D eigenvalue weighted by molar-refractivity contribution is 5.54. The molecule has 21 heavy (non-hydrogen) atoms. The van der Waals surface area contributed by atoms with Gasteiger partial charge in [0.25, 0.3) is 5.69 Å². The lowest BCUT2D eigenvalue weighted by atomic mass is 10.1. The fourth-order valence-corrected chi connectivity index (χ4v) is 2.65. The molecule has 116 valence electrons. The van der Waals surface area contributed by atoms with Crippen molar-refractivity contribution >= 4 is 17.3 Å². The van der Waals surface area contributed by atoms with E-state index in [0.717, 1.165) is 19.6 Å². The first-order chi connectivity index (χ1) is 10.1. The van der Waals surface area contributed by atoms with E-state index in [1.807, 2.05) is 0 Å². The SMILES string of the molecule is CNc1cc([N+](=O)[O-])cc(NC(C)CN2CCCCC2)n1. The van der Waals surface area contributed by atoms with Gasteiger partial charge in [0.1, 0.15) is 11.6 Å². The van der Waals surface area contributed by atoms with E-state index in [1.165, 1.54) is 31.4 Å². The highest BCUT2D eigenvalue weighted by Gasteiger charge is 2.15. The minimum atomic E-state index is -0.400. The highest BCUT2D eigenvalue weighted by Crippen LogP contribution is 2.21. The average Bonchev–Trinajstić information content (AvgIpc) is 2.47. The molecule has 1 atom stereocenters. The van der Waals surface area contributed by atoms with Crippen molar-refractivity contribution in [1.82, 2.24) is 9.88 Å². The molecule has 0 aliphatic carbocycles. The van der Waals surface area contributed by atoms with Gasteiger partial charge in [-0.1, -0.05) is 6.42 Å². The van der Waals surface area contributed by atoms with Crippen molar-refractivity contribution in [1.29, 1.82) is 0 Å². The molecule has 1 fully saturated rings. The molecule has 0 radical (unpaired) electrons. The maximum Gasteiger partial charge on any atom is 0.276 e. The zero-order chi connectivity index (χ0) is 15.2. The summed E-state index contributed by atoms with van der Waals surface area (Å²) in [6.07, 6.45) is 3.83. The van der Waals surface area contributed by atoms with Crippen LogP contribution in [-0.2, 0) is 0 Å². The molecule has 1 aromatic heterocycles. The molecular weight excluding hydrogens is 270 g/mol. The predicted octanol–water partition coefficient (Wildman–Crippen LogP) is 2.32. The van der Waals surface area contributed by atoms with Crippen LogP contribution in [0.3, 0.4) is 0 Å². The standard InChI is InChI=1S/C14H23N5O2/c1-11(10-18-6-4-3-5-7-18)16-14-9-12(19(20)21)8-13(15-2)17-14/h8-9,11H,3-7,10H2,1-2H3,(H2,15,16,17). The molecule has 0 saturated carbocycles. The van der Waals surface area contributed by atoms with Crippen molar-refractivity contribution in [2.75, 3.05) is 37.3 Å². The molecule has 1 saturated heterocycles. The van der Waals surface area contributed by atoms with Gasteiger partial charge in [0.05, 0.1) is 17.1 Å². The summed E-state index contributed by atoms with van der Waals surface area (Å²) in [4.78, 5) is 17.3. The quantitative estimate of drug-likeness (QED) is 0.618. The van der Waals surface area contributed by atoms with E-state index in [1.54, 1.807) is 7.05 Å². The van der Waals surface area contributed by atoms with Crippen molar-refractivity contribution in [3.05, 3.63) is 22.2 Å². The van der Waals surface area contributed by atoms with E-state index in [-0.39, 0.29) is 11.7 Å². The number of piperidine rings is 1. The smallest absolute Gasteiger partial charge is 0.276 e. The molecule has 0 spiro atoms. The van der Waals surface area contributed by atoms with Crippen molar-refractivity contribution in [2.45, 2.75) is 32.2 Å². The molecule has 2 rings (SSSR count). The Labute approximate surface area is 124 Å². The van der Waals surface area contributed by atoms with E-state index in [2.05, 4.69) is 27.4 Å². The van der Waals surface area contributed by atoms with E-state index in [0.29, 0.717) is 11.6 Å². The Morgan fingerprint density at radius 2 is 2.00 bits per heavy atom. The normalized spacial score (nSPS) is 17.2. The number of nitrogens with zero attached hydrogens (tertiary/aromatic N) is 3. The lowest BCUT2D eigenvalue weighted by Gasteiger charge is -2.29. The van der Waals surface area contributed by atoms with Gasteiger partial charge in [0, 0.05) is 19.6 Å². The fourth-order valence-electron chi connectivity index (χ4n) is 2.65. The van der Waals surface area contributed by atoms with Crippen LogP contribution in [0.1, 0.15) is 26.2 Å². The first kappa shape index (κ1) is 15.5. The molecule has 1 aromatic rings. The molecule has 1 aliphatic heterocycles. The van der Waals surface area contributed by atoms with Gasteiger partial charge in [-0.15, -0.1) is 0 Å². The maximum absolute atomic E-state index is 10.9. The van der Waals surface area contributed by atoms with Crippen molar-refractivity contribution in [3.8, 4) is 0 Å². The van der Waals surface area contributed by atoms with E-state index in [9.17, 15) is 10.1 Å². The Kier molecular flexibility index (Phi) is 5.32. The minimum absolute atomic E-state index is 0.0435. The second kappa shape index (κ2) is 7.21. The van der Waals surface area contributed by atoms with Crippen molar-refractivity contribution in [3.63, 3.8) is 0 Å². The number of hydrogen-bond donors (Lipinski definition) is 2. The summed E-state index contributed by atoms with van der Waals surface area (Å²) >= 11 is 0. The highest BCUT2D eigenvalue weighted by atomic mass is 16.6. The summed E-state index contributed by atoms with van der Waals surface area (Å²) in [7, 11) is 1.70. The summed E-state index contributed by atoms with van der Waals surface area (Å²) in [5, 5.41) is 17.1. The topological polar surface area (TPSA) is 83.3 Å². The molecule has 1 aliphatic rings. The van der Waals surface area contributed by atoms with Crippen LogP contribution in [0.2, 0.25) is 0 Å². The molecule has 2 N–H and O–H groups in total. The second-order valence-electron chi connectivity index (χ2n) is 5.51. The lowest BCUT2D eigenvalue weighted by molar-refractivity contribution is -0.384. The Balaban J connectivity index is 2.00. The van der Waals surface area contributed by atoms with Gasteiger partial charge in [-0.2, -0.15) is 0 Å². The number of aromatic nitrogens is 1. The van der Waals surface area contributed by atoms with Gasteiger partial charge < -0.3 is 15.5 Å². The van der Waals surface area contributed by atoms with Crippen molar-refractivity contribution < 1.29 is 4.92 Å². The second-order valence-corrected chi connectivity index (χ2v) is 5.51. The predicted molar refractivity (Wildman–Crippen MR) is 83.8 cm³/mol. The number of hydrogen-bond acceptors (Lipinski definition) is 6. The summed E-state index contributed by atoms with van der Waals surface area (Å²) in [6.45, 7) is 5.28. The van der Waals surface area contributed by atoms with E-state index in [4.69, 9.17) is 0 Å². The van der Waals surface area contributed by atoms with E-state index < -0.39 is 4.92 Å². The van der Waals surface area contributed by atoms with Gasteiger partial charge in [-0.05, 0) is 32.9 Å². The monoisotopic (exact) mass is 293 g/mol. The van der Waals surface area contributed by atoms with Gasteiger partial charge in [0.15, 0.2) is 0 Å². The molecule has 2 heterocycles. The number of nitro groups is 1. The molecule has 0 aromatic carbocycles. The summed E-state index contributed by atoms with van der Waals surface area (Å²) in [5.41, 5.74) is 0.0435. The van der Waals surface area contributed by atoms with E-state index >= 15 is 0 Å². The van der Waals surface area contributed by atoms with Crippen LogP contribution in [-0.4, -0.2) is 47.5 Å². The molecule has 1 unspecified atom stereocenters. The molecule has 0 amide bonds. The Morgan fingerprint density at radius 3 is 2.62 bits per heavy atom. The van der Waals surface area contributed by atoms with Gasteiger partial charge in [0.2, 0.25) is 0 Å². The Hall–Kier alpha value is -1.89. The lowest BCUT2D eigenvalue weighted by Crippen LogP contribution is -2.38. The number of likely N-dealkylation sites (tertiary alicyclic amines) is 1. The number of rotatable bonds is 6. The molecular formula is C14H23N5O2. The number of anilines is 2. The summed E-state index contributed by atoms with van der Waals surface area (Å²) in [5.74, 6) is 1.04. The van der Waals surface area contributed by atoms with Crippen LogP contribution in [0.25, 0.3) is 0 Å². The number of pyridine rings is 1. The third kappa shape index (κ3) is 4.56.